The third-order valence-corrected chi connectivity index (χ3v) is 2.72. The van der Waals surface area contributed by atoms with E-state index in [1.807, 2.05) is 13.8 Å². The standard InChI is InChI=1S/C12H12F3N3O3/c1-6(2)10-16-9(17-21-10)5-18-3-7(11(19)20)8(4-18)12(13,14)15/h3-4,6H,5H2,1-2H3,(H,19,20). The Morgan fingerprint density at radius 3 is 2.52 bits per heavy atom. The molecular weight excluding hydrogens is 291 g/mol. The van der Waals surface area contributed by atoms with Gasteiger partial charge in [0.15, 0.2) is 5.82 Å². The monoisotopic (exact) mass is 303 g/mol. The third kappa shape index (κ3) is 3.23. The summed E-state index contributed by atoms with van der Waals surface area (Å²) in [5, 5.41) is 12.5. The van der Waals surface area contributed by atoms with Crippen molar-refractivity contribution in [3.8, 4) is 0 Å². The normalized spacial score (nSPS) is 12.1. The van der Waals surface area contributed by atoms with Crippen LogP contribution >= 0.6 is 0 Å². The molecule has 0 bridgehead atoms. The zero-order chi connectivity index (χ0) is 15.8. The highest BCUT2D eigenvalue weighted by atomic mass is 19.4. The lowest BCUT2D eigenvalue weighted by Gasteiger charge is -2.04. The predicted molar refractivity (Wildman–Crippen MR) is 63.9 cm³/mol. The van der Waals surface area contributed by atoms with Gasteiger partial charge < -0.3 is 14.2 Å². The summed E-state index contributed by atoms with van der Waals surface area (Å²) < 4.78 is 44.2. The maximum atomic E-state index is 12.7. The Bertz CT molecular complexity index is 658. The van der Waals surface area contributed by atoms with Crippen molar-refractivity contribution in [2.45, 2.75) is 32.5 Å². The number of carbonyl (C=O) groups is 1. The minimum Gasteiger partial charge on any atom is -0.478 e. The van der Waals surface area contributed by atoms with Crippen LogP contribution in [0, 0.1) is 0 Å². The van der Waals surface area contributed by atoms with E-state index in [9.17, 15) is 18.0 Å². The number of carboxylic acids is 1. The summed E-state index contributed by atoms with van der Waals surface area (Å²) >= 11 is 0. The summed E-state index contributed by atoms with van der Waals surface area (Å²) in [5.41, 5.74) is -2.02. The van der Waals surface area contributed by atoms with Crippen LogP contribution in [0.4, 0.5) is 13.2 Å². The molecule has 9 heteroatoms. The first-order valence-corrected chi connectivity index (χ1v) is 6.01. The van der Waals surface area contributed by atoms with Crippen LogP contribution in [0.1, 0.15) is 47.4 Å². The molecule has 114 valence electrons. The second-order valence-electron chi connectivity index (χ2n) is 4.76. The van der Waals surface area contributed by atoms with Gasteiger partial charge in [-0.3, -0.25) is 0 Å². The molecule has 0 atom stereocenters. The topological polar surface area (TPSA) is 81.2 Å². The molecule has 0 spiro atoms. The Labute approximate surface area is 117 Å². The molecule has 0 aliphatic carbocycles. The van der Waals surface area contributed by atoms with Crippen LogP contribution in [0.5, 0.6) is 0 Å². The van der Waals surface area contributed by atoms with Crippen LogP contribution in [0.3, 0.4) is 0 Å². The van der Waals surface area contributed by atoms with Crippen LogP contribution in [-0.2, 0) is 12.7 Å². The van der Waals surface area contributed by atoms with E-state index < -0.39 is 23.3 Å². The van der Waals surface area contributed by atoms with Crippen molar-refractivity contribution < 1.29 is 27.6 Å². The summed E-state index contributed by atoms with van der Waals surface area (Å²) in [6.45, 7) is 3.56. The number of alkyl halides is 3. The number of nitrogens with zero attached hydrogens (tertiary/aromatic N) is 3. The van der Waals surface area contributed by atoms with E-state index in [0.29, 0.717) is 5.89 Å². The molecule has 2 aromatic rings. The first-order chi connectivity index (χ1) is 9.68. The highest BCUT2D eigenvalue weighted by molar-refractivity contribution is 5.89. The average Bonchev–Trinajstić information content (AvgIpc) is 2.95. The van der Waals surface area contributed by atoms with E-state index in [1.165, 1.54) is 0 Å². The zero-order valence-corrected chi connectivity index (χ0v) is 11.2. The summed E-state index contributed by atoms with van der Waals surface area (Å²) in [5.74, 6) is -1.10. The van der Waals surface area contributed by atoms with Crippen molar-refractivity contribution >= 4 is 5.97 Å². The van der Waals surface area contributed by atoms with Crippen LogP contribution < -0.4 is 0 Å². The number of hydrogen-bond donors (Lipinski definition) is 1. The Kier molecular flexibility index (Phi) is 3.75. The highest BCUT2D eigenvalue weighted by Crippen LogP contribution is 2.32. The molecule has 0 unspecified atom stereocenters. The van der Waals surface area contributed by atoms with Crippen molar-refractivity contribution in [1.82, 2.24) is 14.7 Å². The minimum absolute atomic E-state index is 0.00349. The second kappa shape index (κ2) is 5.23. The molecule has 21 heavy (non-hydrogen) atoms. The number of hydrogen-bond acceptors (Lipinski definition) is 4. The Balaban J connectivity index is 2.30. The van der Waals surface area contributed by atoms with Crippen molar-refractivity contribution in [2.75, 3.05) is 0 Å². The van der Waals surface area contributed by atoms with Crippen LogP contribution in [0.15, 0.2) is 16.9 Å². The smallest absolute Gasteiger partial charge is 0.418 e. The second-order valence-corrected chi connectivity index (χ2v) is 4.76. The zero-order valence-electron chi connectivity index (χ0n) is 11.2. The summed E-state index contributed by atoms with van der Waals surface area (Å²) in [6, 6.07) is 0. The molecule has 2 aromatic heterocycles. The minimum atomic E-state index is -4.74. The van der Waals surface area contributed by atoms with E-state index in [-0.39, 0.29) is 18.3 Å². The Hall–Kier alpha value is -2.32. The van der Waals surface area contributed by atoms with E-state index in [4.69, 9.17) is 9.63 Å². The molecule has 0 fully saturated rings. The molecule has 1 N–H and O–H groups in total. The van der Waals surface area contributed by atoms with E-state index in [0.717, 1.165) is 17.0 Å². The molecule has 0 amide bonds. The van der Waals surface area contributed by atoms with Gasteiger partial charge in [0.05, 0.1) is 17.7 Å². The fraction of sp³-hybridized carbons (Fsp3) is 0.417. The lowest BCUT2D eigenvalue weighted by molar-refractivity contribution is -0.138. The first kappa shape index (κ1) is 15.1. The molecule has 0 aromatic carbocycles. The van der Waals surface area contributed by atoms with E-state index in [1.54, 1.807) is 0 Å². The maximum Gasteiger partial charge on any atom is 0.418 e. The van der Waals surface area contributed by atoms with Gasteiger partial charge in [0.2, 0.25) is 5.89 Å². The van der Waals surface area contributed by atoms with Gasteiger partial charge >= 0.3 is 12.1 Å². The summed E-state index contributed by atoms with van der Waals surface area (Å²) in [7, 11) is 0. The molecule has 0 aliphatic rings. The molecule has 0 saturated carbocycles. The average molecular weight is 303 g/mol. The van der Waals surface area contributed by atoms with Crippen molar-refractivity contribution in [3.05, 3.63) is 35.2 Å². The van der Waals surface area contributed by atoms with Crippen LogP contribution in [-0.4, -0.2) is 25.8 Å². The lowest BCUT2D eigenvalue weighted by Crippen LogP contribution is -2.09. The molecule has 2 heterocycles. The van der Waals surface area contributed by atoms with Crippen molar-refractivity contribution in [3.63, 3.8) is 0 Å². The van der Waals surface area contributed by atoms with Gasteiger partial charge in [0.25, 0.3) is 0 Å². The number of aromatic nitrogens is 3. The van der Waals surface area contributed by atoms with E-state index >= 15 is 0 Å². The Morgan fingerprint density at radius 1 is 1.43 bits per heavy atom. The maximum absolute atomic E-state index is 12.7. The Morgan fingerprint density at radius 2 is 2.10 bits per heavy atom. The van der Waals surface area contributed by atoms with Crippen molar-refractivity contribution in [2.24, 2.45) is 0 Å². The fourth-order valence-electron chi connectivity index (χ4n) is 1.73. The quantitative estimate of drug-likeness (QED) is 0.939. The van der Waals surface area contributed by atoms with Crippen molar-refractivity contribution in [1.29, 1.82) is 0 Å². The van der Waals surface area contributed by atoms with Gasteiger partial charge in [0.1, 0.15) is 0 Å². The van der Waals surface area contributed by atoms with Gasteiger partial charge in [-0.25, -0.2) is 4.79 Å². The van der Waals surface area contributed by atoms with Crippen LogP contribution in [0.2, 0.25) is 0 Å². The number of aromatic carboxylic acids is 1. The fourth-order valence-corrected chi connectivity index (χ4v) is 1.73. The molecule has 2 rings (SSSR count). The molecule has 6 nitrogen and oxygen atoms in total. The molecule has 0 radical (unpaired) electrons. The third-order valence-electron chi connectivity index (χ3n) is 2.72. The number of halogens is 3. The van der Waals surface area contributed by atoms with E-state index in [2.05, 4.69) is 10.1 Å². The van der Waals surface area contributed by atoms with Gasteiger partial charge in [-0.15, -0.1) is 0 Å². The molecule has 0 aliphatic heterocycles. The lowest BCUT2D eigenvalue weighted by atomic mass is 10.2. The van der Waals surface area contributed by atoms with Crippen LogP contribution in [0.25, 0.3) is 0 Å². The SMILES string of the molecule is CC(C)c1nc(Cn2cc(C(=O)O)c(C(F)(F)F)c2)no1. The highest BCUT2D eigenvalue weighted by Gasteiger charge is 2.37. The summed E-state index contributed by atoms with van der Waals surface area (Å²) in [4.78, 5) is 14.9. The van der Waals surface area contributed by atoms with Gasteiger partial charge in [-0.05, 0) is 0 Å². The van der Waals surface area contributed by atoms with Gasteiger partial charge in [-0.2, -0.15) is 18.2 Å². The molecular formula is C12H12F3N3O3. The number of carboxylic acid groups (broad SMARTS) is 1. The van der Waals surface area contributed by atoms with Gasteiger partial charge in [0, 0.05) is 18.3 Å². The first-order valence-electron chi connectivity index (χ1n) is 6.01. The van der Waals surface area contributed by atoms with Gasteiger partial charge in [-0.1, -0.05) is 19.0 Å². The largest absolute Gasteiger partial charge is 0.478 e. The molecule has 0 saturated heterocycles. The summed E-state index contributed by atoms with van der Waals surface area (Å²) in [6.07, 6.45) is -3.12. The predicted octanol–water partition coefficient (Wildman–Crippen LogP) is 2.76. The number of rotatable bonds is 4.